The molecule has 1 unspecified atom stereocenters. The lowest BCUT2D eigenvalue weighted by Crippen LogP contribution is -2.40. The van der Waals surface area contributed by atoms with Gasteiger partial charge in [-0.25, -0.2) is 4.98 Å². The first-order chi connectivity index (χ1) is 7.16. The number of rotatable bonds is 2. The third-order valence-electron chi connectivity index (χ3n) is 2.61. The van der Waals surface area contributed by atoms with Crippen molar-refractivity contribution in [2.24, 2.45) is 0 Å². The standard InChI is InChI=1S/C11H17N3O/c1-11(2)7-9(3-6-15-11)14-10-8-12-4-5-13-10/h4-5,8-9H,3,6-7H2,1-2H3,(H,13,14). The Hall–Kier alpha value is -1.16. The van der Waals surface area contributed by atoms with Crippen molar-refractivity contribution in [3.63, 3.8) is 0 Å². The van der Waals surface area contributed by atoms with Crippen molar-refractivity contribution in [3.8, 4) is 0 Å². The van der Waals surface area contributed by atoms with E-state index in [-0.39, 0.29) is 5.60 Å². The van der Waals surface area contributed by atoms with E-state index in [1.165, 1.54) is 0 Å². The normalized spacial score (nSPS) is 24.8. The molecule has 4 heteroatoms. The number of nitrogens with zero attached hydrogens (tertiary/aromatic N) is 2. The number of hydrogen-bond acceptors (Lipinski definition) is 4. The van der Waals surface area contributed by atoms with Crippen LogP contribution >= 0.6 is 0 Å². The smallest absolute Gasteiger partial charge is 0.144 e. The maximum absolute atomic E-state index is 5.66. The molecule has 1 aliphatic rings. The number of nitrogens with one attached hydrogen (secondary N) is 1. The summed E-state index contributed by atoms with van der Waals surface area (Å²) in [6.45, 7) is 5.06. The molecule has 0 spiro atoms. The Bertz CT molecular complexity index is 313. The Morgan fingerprint density at radius 2 is 2.33 bits per heavy atom. The first-order valence-electron chi connectivity index (χ1n) is 5.32. The molecule has 1 aromatic heterocycles. The van der Waals surface area contributed by atoms with Crippen molar-refractivity contribution in [1.82, 2.24) is 9.97 Å². The van der Waals surface area contributed by atoms with Gasteiger partial charge in [0.25, 0.3) is 0 Å². The maximum Gasteiger partial charge on any atom is 0.144 e. The Kier molecular flexibility index (Phi) is 2.86. The molecule has 1 aromatic rings. The summed E-state index contributed by atoms with van der Waals surface area (Å²) >= 11 is 0. The highest BCUT2D eigenvalue weighted by molar-refractivity contribution is 5.31. The lowest BCUT2D eigenvalue weighted by Gasteiger charge is -2.35. The minimum absolute atomic E-state index is 0.0296. The summed E-state index contributed by atoms with van der Waals surface area (Å²) in [4.78, 5) is 8.24. The van der Waals surface area contributed by atoms with Gasteiger partial charge >= 0.3 is 0 Å². The Morgan fingerprint density at radius 1 is 1.47 bits per heavy atom. The molecule has 0 bridgehead atoms. The molecule has 0 saturated carbocycles. The van der Waals surface area contributed by atoms with Gasteiger partial charge in [0.05, 0.1) is 11.8 Å². The minimum atomic E-state index is -0.0296. The van der Waals surface area contributed by atoms with Crippen molar-refractivity contribution in [3.05, 3.63) is 18.6 Å². The number of ether oxygens (including phenoxy) is 1. The monoisotopic (exact) mass is 207 g/mol. The Balaban J connectivity index is 1.95. The van der Waals surface area contributed by atoms with Gasteiger partial charge in [0.15, 0.2) is 0 Å². The largest absolute Gasteiger partial charge is 0.375 e. The number of aromatic nitrogens is 2. The van der Waals surface area contributed by atoms with Gasteiger partial charge in [0.2, 0.25) is 0 Å². The van der Waals surface area contributed by atoms with Crippen LogP contribution in [0.2, 0.25) is 0 Å². The molecule has 1 saturated heterocycles. The van der Waals surface area contributed by atoms with Crippen LogP contribution in [-0.4, -0.2) is 28.2 Å². The summed E-state index contributed by atoms with van der Waals surface area (Å²) in [6.07, 6.45) is 7.16. The average molecular weight is 207 g/mol. The van der Waals surface area contributed by atoms with Crippen LogP contribution in [0.4, 0.5) is 5.82 Å². The van der Waals surface area contributed by atoms with Gasteiger partial charge < -0.3 is 10.1 Å². The second-order valence-electron chi connectivity index (χ2n) is 4.53. The van der Waals surface area contributed by atoms with Crippen molar-refractivity contribution < 1.29 is 4.74 Å². The van der Waals surface area contributed by atoms with Crippen molar-refractivity contribution in [2.45, 2.75) is 38.3 Å². The van der Waals surface area contributed by atoms with Crippen LogP contribution in [0.1, 0.15) is 26.7 Å². The minimum Gasteiger partial charge on any atom is -0.375 e. The Morgan fingerprint density at radius 3 is 3.00 bits per heavy atom. The lowest BCUT2D eigenvalue weighted by molar-refractivity contribution is -0.0553. The zero-order valence-corrected chi connectivity index (χ0v) is 9.23. The van der Waals surface area contributed by atoms with Crippen LogP contribution in [0.25, 0.3) is 0 Å². The summed E-state index contributed by atoms with van der Waals surface area (Å²) in [5.74, 6) is 0.847. The third-order valence-corrected chi connectivity index (χ3v) is 2.61. The van der Waals surface area contributed by atoms with Crippen LogP contribution in [0.3, 0.4) is 0 Å². The molecule has 1 atom stereocenters. The van der Waals surface area contributed by atoms with Gasteiger partial charge in [0.1, 0.15) is 5.82 Å². The van der Waals surface area contributed by atoms with Crippen LogP contribution in [-0.2, 0) is 4.74 Å². The van der Waals surface area contributed by atoms with E-state index >= 15 is 0 Å². The molecule has 1 aliphatic heterocycles. The zero-order chi connectivity index (χ0) is 10.7. The van der Waals surface area contributed by atoms with Crippen LogP contribution in [0, 0.1) is 0 Å². The highest BCUT2D eigenvalue weighted by Gasteiger charge is 2.28. The quantitative estimate of drug-likeness (QED) is 0.804. The van der Waals surface area contributed by atoms with E-state index in [9.17, 15) is 0 Å². The first-order valence-corrected chi connectivity index (χ1v) is 5.32. The van der Waals surface area contributed by atoms with Crippen molar-refractivity contribution >= 4 is 5.82 Å². The highest BCUT2D eigenvalue weighted by Crippen LogP contribution is 2.25. The molecule has 0 aliphatic carbocycles. The third kappa shape index (κ3) is 2.89. The zero-order valence-electron chi connectivity index (χ0n) is 9.23. The predicted molar refractivity (Wildman–Crippen MR) is 58.7 cm³/mol. The lowest BCUT2D eigenvalue weighted by atomic mass is 9.94. The van der Waals surface area contributed by atoms with Crippen LogP contribution < -0.4 is 5.32 Å². The number of hydrogen-bond donors (Lipinski definition) is 1. The molecule has 15 heavy (non-hydrogen) atoms. The van der Waals surface area contributed by atoms with E-state index in [0.29, 0.717) is 6.04 Å². The fraction of sp³-hybridized carbons (Fsp3) is 0.636. The predicted octanol–water partition coefficient (Wildman–Crippen LogP) is 1.85. The molecule has 4 nitrogen and oxygen atoms in total. The van der Waals surface area contributed by atoms with Crippen molar-refractivity contribution in [2.75, 3.05) is 11.9 Å². The second-order valence-corrected chi connectivity index (χ2v) is 4.53. The molecular weight excluding hydrogens is 190 g/mol. The van der Waals surface area contributed by atoms with E-state index in [4.69, 9.17) is 4.74 Å². The molecule has 0 aromatic carbocycles. The summed E-state index contributed by atoms with van der Waals surface area (Å²) in [5, 5.41) is 3.38. The summed E-state index contributed by atoms with van der Waals surface area (Å²) in [6, 6.07) is 0.436. The van der Waals surface area contributed by atoms with E-state index in [2.05, 4.69) is 29.1 Å². The summed E-state index contributed by atoms with van der Waals surface area (Å²) < 4.78 is 5.66. The van der Waals surface area contributed by atoms with E-state index in [1.807, 2.05) is 0 Å². The topological polar surface area (TPSA) is 47.0 Å². The van der Waals surface area contributed by atoms with Gasteiger partial charge in [-0.05, 0) is 26.7 Å². The fourth-order valence-electron chi connectivity index (χ4n) is 1.94. The molecule has 1 N–H and O–H groups in total. The van der Waals surface area contributed by atoms with Gasteiger partial charge in [-0.3, -0.25) is 4.98 Å². The van der Waals surface area contributed by atoms with E-state index in [1.54, 1.807) is 18.6 Å². The van der Waals surface area contributed by atoms with E-state index < -0.39 is 0 Å². The maximum atomic E-state index is 5.66. The highest BCUT2D eigenvalue weighted by atomic mass is 16.5. The first kappa shape index (κ1) is 10.4. The molecule has 82 valence electrons. The van der Waals surface area contributed by atoms with Gasteiger partial charge in [-0.1, -0.05) is 0 Å². The second kappa shape index (κ2) is 4.14. The average Bonchev–Trinajstić information content (AvgIpc) is 2.17. The van der Waals surface area contributed by atoms with Crippen LogP contribution in [0.5, 0.6) is 0 Å². The van der Waals surface area contributed by atoms with Crippen molar-refractivity contribution in [1.29, 1.82) is 0 Å². The van der Waals surface area contributed by atoms with Gasteiger partial charge in [0, 0.05) is 25.0 Å². The van der Waals surface area contributed by atoms with Gasteiger partial charge in [-0.15, -0.1) is 0 Å². The summed E-state index contributed by atoms with van der Waals surface area (Å²) in [5.41, 5.74) is -0.0296. The molecule has 2 rings (SSSR count). The Labute approximate surface area is 90.1 Å². The fourth-order valence-corrected chi connectivity index (χ4v) is 1.94. The molecule has 1 fully saturated rings. The van der Waals surface area contributed by atoms with Crippen LogP contribution in [0.15, 0.2) is 18.6 Å². The summed E-state index contributed by atoms with van der Waals surface area (Å²) in [7, 11) is 0. The molecule has 0 amide bonds. The number of anilines is 1. The molecule has 0 radical (unpaired) electrons. The molecule has 2 heterocycles. The molecular formula is C11H17N3O. The van der Waals surface area contributed by atoms with E-state index in [0.717, 1.165) is 25.3 Å². The SMILES string of the molecule is CC1(C)CC(Nc2cnccn2)CCO1. The van der Waals surface area contributed by atoms with Gasteiger partial charge in [-0.2, -0.15) is 0 Å².